The maximum absolute atomic E-state index is 12.1. The molecule has 152 valence electrons. The fourth-order valence-corrected chi connectivity index (χ4v) is 3.02. The van der Waals surface area contributed by atoms with Crippen LogP contribution in [0.4, 0.5) is 0 Å². The molecule has 2 N–H and O–H groups in total. The van der Waals surface area contributed by atoms with Crippen molar-refractivity contribution < 1.29 is 9.21 Å². The van der Waals surface area contributed by atoms with Crippen molar-refractivity contribution in [2.75, 3.05) is 27.7 Å². The molecule has 0 radical (unpaired) electrons. The molecule has 0 aliphatic carbocycles. The number of hydrogen-bond donors (Lipinski definition) is 1. The highest BCUT2D eigenvalue weighted by molar-refractivity contribution is 6.06. The topological polar surface area (TPSA) is 114 Å². The molecule has 30 heavy (non-hydrogen) atoms. The molecule has 9 heteroatoms. The van der Waals surface area contributed by atoms with Crippen LogP contribution in [0.25, 0.3) is 17.2 Å². The number of nitrogens with two attached hydrogens (primary N) is 1. The molecule has 0 spiro atoms. The second-order valence-electron chi connectivity index (χ2n) is 7.08. The number of aliphatic imine (C=N–C) groups is 1. The average molecular weight is 403 g/mol. The Balaban J connectivity index is 1.67. The van der Waals surface area contributed by atoms with Crippen LogP contribution in [-0.4, -0.2) is 64.3 Å². The third kappa shape index (κ3) is 3.64. The lowest BCUT2D eigenvalue weighted by Gasteiger charge is -2.26. The van der Waals surface area contributed by atoms with Crippen molar-refractivity contribution in [3.05, 3.63) is 71.6 Å². The van der Waals surface area contributed by atoms with Gasteiger partial charge in [0.1, 0.15) is 5.82 Å². The normalized spacial score (nSPS) is 14.0. The van der Waals surface area contributed by atoms with Gasteiger partial charge in [0.15, 0.2) is 5.70 Å². The lowest BCUT2D eigenvalue weighted by Crippen LogP contribution is -2.34. The van der Waals surface area contributed by atoms with E-state index in [1.165, 1.54) is 4.90 Å². The molecule has 0 unspecified atom stereocenters. The zero-order chi connectivity index (χ0) is 21.3. The van der Waals surface area contributed by atoms with Gasteiger partial charge in [0.25, 0.3) is 11.8 Å². The van der Waals surface area contributed by atoms with E-state index in [4.69, 9.17) is 15.1 Å². The first-order valence-corrected chi connectivity index (χ1v) is 9.29. The maximum Gasteiger partial charge on any atom is 0.270 e. The predicted octanol–water partition coefficient (Wildman–Crippen LogP) is 1.85. The Morgan fingerprint density at radius 2 is 1.83 bits per heavy atom. The highest BCUT2D eigenvalue weighted by atomic mass is 16.4. The van der Waals surface area contributed by atoms with Crippen LogP contribution in [0.15, 0.2) is 64.0 Å². The lowest BCUT2D eigenvalue weighted by molar-refractivity contribution is 0.0827. The van der Waals surface area contributed by atoms with Crippen LogP contribution in [0, 0.1) is 0 Å². The van der Waals surface area contributed by atoms with Crippen LogP contribution in [0.1, 0.15) is 21.8 Å². The first-order chi connectivity index (χ1) is 14.4. The number of pyridine rings is 1. The summed E-state index contributed by atoms with van der Waals surface area (Å²) in [6.45, 7) is 0.514. The minimum absolute atomic E-state index is 0.0529. The van der Waals surface area contributed by atoms with Crippen molar-refractivity contribution in [3.8, 4) is 11.5 Å². The molecule has 1 aromatic carbocycles. The molecule has 1 aliphatic heterocycles. The molecule has 0 saturated carbocycles. The number of amides is 1. The summed E-state index contributed by atoms with van der Waals surface area (Å²) in [5.41, 5.74) is 9.65. The van der Waals surface area contributed by atoms with E-state index >= 15 is 0 Å². The van der Waals surface area contributed by atoms with Gasteiger partial charge in [-0.05, 0) is 29.8 Å². The smallest absolute Gasteiger partial charge is 0.270 e. The van der Waals surface area contributed by atoms with E-state index in [2.05, 4.69) is 15.2 Å². The van der Waals surface area contributed by atoms with Crippen LogP contribution in [0.2, 0.25) is 0 Å². The molecule has 3 aromatic rings. The number of rotatable bonds is 4. The van der Waals surface area contributed by atoms with Crippen LogP contribution < -0.4 is 5.73 Å². The zero-order valence-electron chi connectivity index (χ0n) is 16.9. The monoisotopic (exact) mass is 403 g/mol. The van der Waals surface area contributed by atoms with Crippen LogP contribution in [0.3, 0.4) is 0 Å². The standard InChI is InChI=1S/C21H21N7O2/c1-27(2)21(29)14-8-6-13(7-9-14)16-12-28(3)18(22)17(24-16)20-26-25-19(30-20)15-5-4-10-23-11-15/h4-11H,12,22H2,1-3H3. The molecule has 9 nitrogen and oxygen atoms in total. The van der Waals surface area contributed by atoms with E-state index in [1.54, 1.807) is 44.7 Å². The number of likely N-dealkylation sites (N-methyl/N-ethyl adjacent to an activating group) is 1. The highest BCUT2D eigenvalue weighted by Crippen LogP contribution is 2.26. The largest absolute Gasteiger partial charge is 0.414 e. The van der Waals surface area contributed by atoms with E-state index in [0.717, 1.165) is 11.3 Å². The summed E-state index contributed by atoms with van der Waals surface area (Å²) in [5.74, 6) is 0.965. The molecule has 1 amide bonds. The molecule has 2 aromatic heterocycles. The van der Waals surface area contributed by atoms with E-state index < -0.39 is 0 Å². The van der Waals surface area contributed by atoms with Crippen LogP contribution >= 0.6 is 0 Å². The van der Waals surface area contributed by atoms with E-state index in [9.17, 15) is 4.79 Å². The molecule has 3 heterocycles. The minimum atomic E-state index is -0.0529. The maximum atomic E-state index is 12.1. The van der Waals surface area contributed by atoms with Crippen molar-refractivity contribution in [1.29, 1.82) is 0 Å². The van der Waals surface area contributed by atoms with Gasteiger partial charge in [-0.2, -0.15) is 0 Å². The Morgan fingerprint density at radius 1 is 1.10 bits per heavy atom. The van der Waals surface area contributed by atoms with Gasteiger partial charge < -0.3 is 20.0 Å². The van der Waals surface area contributed by atoms with Crippen LogP contribution in [-0.2, 0) is 0 Å². The van der Waals surface area contributed by atoms with Gasteiger partial charge in [0.2, 0.25) is 5.89 Å². The summed E-state index contributed by atoms with van der Waals surface area (Å²) < 4.78 is 5.81. The number of carbonyl (C=O) groups is 1. The number of carbonyl (C=O) groups excluding carboxylic acids is 1. The Bertz CT molecular complexity index is 1130. The Morgan fingerprint density at radius 3 is 2.50 bits per heavy atom. The van der Waals surface area contributed by atoms with Crippen molar-refractivity contribution in [1.82, 2.24) is 25.0 Å². The van der Waals surface area contributed by atoms with Gasteiger partial charge in [0, 0.05) is 39.1 Å². The first kappa shape index (κ1) is 19.3. The molecule has 0 bridgehead atoms. The number of hydrogen-bond acceptors (Lipinski definition) is 8. The second-order valence-corrected chi connectivity index (χ2v) is 7.08. The van der Waals surface area contributed by atoms with Crippen molar-refractivity contribution in [3.63, 3.8) is 0 Å². The Kier molecular flexibility index (Phi) is 5.01. The molecule has 4 rings (SSSR count). The zero-order valence-corrected chi connectivity index (χ0v) is 16.9. The molecular formula is C21H21N7O2. The minimum Gasteiger partial charge on any atom is -0.414 e. The third-order valence-corrected chi connectivity index (χ3v) is 4.69. The van der Waals surface area contributed by atoms with E-state index in [1.807, 2.05) is 30.1 Å². The molecule has 1 aliphatic rings. The molecule has 0 atom stereocenters. The van der Waals surface area contributed by atoms with E-state index in [-0.39, 0.29) is 11.8 Å². The van der Waals surface area contributed by atoms with Gasteiger partial charge in [0.05, 0.1) is 17.8 Å². The Labute approximate surface area is 173 Å². The van der Waals surface area contributed by atoms with Gasteiger partial charge in [-0.1, -0.05) is 12.1 Å². The molecular weight excluding hydrogens is 382 g/mol. The van der Waals surface area contributed by atoms with E-state index in [0.29, 0.717) is 35.1 Å². The van der Waals surface area contributed by atoms with Crippen molar-refractivity contribution >= 4 is 17.3 Å². The summed E-state index contributed by atoms with van der Waals surface area (Å²) >= 11 is 0. The molecule has 0 fully saturated rings. The summed E-state index contributed by atoms with van der Waals surface area (Å²) in [6.07, 6.45) is 3.32. The quantitative estimate of drug-likeness (QED) is 0.707. The third-order valence-electron chi connectivity index (χ3n) is 4.69. The number of aromatic nitrogens is 3. The number of benzene rings is 1. The highest BCUT2D eigenvalue weighted by Gasteiger charge is 2.24. The van der Waals surface area contributed by atoms with Gasteiger partial charge in [-0.15, -0.1) is 10.2 Å². The summed E-state index contributed by atoms with van der Waals surface area (Å²) in [4.78, 5) is 24.3. The summed E-state index contributed by atoms with van der Waals surface area (Å²) in [5, 5.41) is 8.21. The average Bonchev–Trinajstić information content (AvgIpc) is 3.26. The lowest BCUT2D eigenvalue weighted by atomic mass is 10.1. The van der Waals surface area contributed by atoms with Crippen molar-refractivity contribution in [2.45, 2.75) is 0 Å². The second kappa shape index (κ2) is 7.78. The van der Waals surface area contributed by atoms with Gasteiger partial charge >= 0.3 is 0 Å². The Hall–Kier alpha value is -4.01. The number of nitrogens with zero attached hydrogens (tertiary/aromatic N) is 6. The summed E-state index contributed by atoms with van der Waals surface area (Å²) in [6, 6.07) is 10.9. The SMILES string of the molecule is CN(C)C(=O)c1ccc(C2=NC(c3nnc(-c4cccnc4)o3)=C(N)N(C)C2)cc1. The summed E-state index contributed by atoms with van der Waals surface area (Å²) in [7, 11) is 5.31. The fraction of sp³-hybridized carbons (Fsp3) is 0.190. The predicted molar refractivity (Wildman–Crippen MR) is 112 cm³/mol. The molecule has 0 saturated heterocycles. The van der Waals surface area contributed by atoms with Crippen molar-refractivity contribution in [2.24, 2.45) is 10.7 Å². The fourth-order valence-electron chi connectivity index (χ4n) is 3.02. The van der Waals surface area contributed by atoms with Crippen LogP contribution in [0.5, 0.6) is 0 Å². The van der Waals surface area contributed by atoms with Gasteiger partial charge in [-0.3, -0.25) is 9.78 Å². The van der Waals surface area contributed by atoms with Gasteiger partial charge in [-0.25, -0.2) is 4.99 Å². The first-order valence-electron chi connectivity index (χ1n) is 9.29.